The molecular formula is C27H29N5O3. The van der Waals surface area contributed by atoms with Crippen LogP contribution in [0.5, 0.6) is 11.5 Å². The number of anilines is 1. The van der Waals surface area contributed by atoms with Crippen LogP contribution in [0.1, 0.15) is 18.4 Å². The summed E-state index contributed by atoms with van der Waals surface area (Å²) in [6.45, 7) is 1.98. The normalized spacial score (nSPS) is 15.7. The summed E-state index contributed by atoms with van der Waals surface area (Å²) < 4.78 is 12.4. The largest absolute Gasteiger partial charge is 0.497 e. The quantitative estimate of drug-likeness (QED) is 0.440. The van der Waals surface area contributed by atoms with E-state index >= 15 is 0 Å². The summed E-state index contributed by atoms with van der Waals surface area (Å²) in [7, 11) is 3.30. The third kappa shape index (κ3) is 4.91. The van der Waals surface area contributed by atoms with Gasteiger partial charge < -0.3 is 19.7 Å². The maximum atomic E-state index is 13.0. The van der Waals surface area contributed by atoms with Gasteiger partial charge in [0.15, 0.2) is 5.82 Å². The number of carbonyl (C=O) groups excluding carboxylic acids is 1. The summed E-state index contributed by atoms with van der Waals surface area (Å²) in [6, 6.07) is 17.7. The first kappa shape index (κ1) is 22.7. The van der Waals surface area contributed by atoms with Crippen LogP contribution in [0, 0.1) is 5.92 Å². The standard InChI is InChI=1S/C27H29N5O3/c1-34-22-10-8-19(9-11-22)17-29-27(33)21-6-4-13-31(18-21)26-25-16-24(30-32(25)14-12-28-26)20-5-3-7-23(15-20)35-2/h3,5,7-12,14-16,21H,4,6,13,17-18H2,1-2H3,(H,29,33). The zero-order valence-corrected chi connectivity index (χ0v) is 20.0. The van der Waals surface area contributed by atoms with Gasteiger partial charge in [0.25, 0.3) is 0 Å². The van der Waals surface area contributed by atoms with E-state index in [0.717, 1.165) is 59.0 Å². The number of methoxy groups -OCH3 is 2. The molecule has 0 bridgehead atoms. The highest BCUT2D eigenvalue weighted by Crippen LogP contribution is 2.29. The molecule has 35 heavy (non-hydrogen) atoms. The fourth-order valence-electron chi connectivity index (χ4n) is 4.54. The van der Waals surface area contributed by atoms with Crippen molar-refractivity contribution in [2.75, 3.05) is 32.2 Å². The van der Waals surface area contributed by atoms with E-state index in [-0.39, 0.29) is 11.8 Å². The molecule has 0 spiro atoms. The van der Waals surface area contributed by atoms with Crippen molar-refractivity contribution in [1.82, 2.24) is 19.9 Å². The van der Waals surface area contributed by atoms with E-state index in [0.29, 0.717) is 13.1 Å². The van der Waals surface area contributed by atoms with Gasteiger partial charge in [0.2, 0.25) is 5.91 Å². The van der Waals surface area contributed by atoms with Crippen LogP contribution in [0.4, 0.5) is 5.82 Å². The van der Waals surface area contributed by atoms with Crippen LogP contribution in [0.15, 0.2) is 67.0 Å². The van der Waals surface area contributed by atoms with Gasteiger partial charge in [-0.1, -0.05) is 24.3 Å². The van der Waals surface area contributed by atoms with Crippen molar-refractivity contribution in [3.63, 3.8) is 0 Å². The molecule has 5 rings (SSSR count). The molecule has 3 heterocycles. The third-order valence-corrected chi connectivity index (χ3v) is 6.45. The topological polar surface area (TPSA) is 81.0 Å². The average Bonchev–Trinajstić information content (AvgIpc) is 3.37. The maximum Gasteiger partial charge on any atom is 0.225 e. The van der Waals surface area contributed by atoms with Crippen LogP contribution in [0.25, 0.3) is 16.8 Å². The lowest BCUT2D eigenvalue weighted by Crippen LogP contribution is -2.43. The van der Waals surface area contributed by atoms with Gasteiger partial charge >= 0.3 is 0 Å². The van der Waals surface area contributed by atoms with Crippen LogP contribution < -0.4 is 19.7 Å². The fraction of sp³-hybridized carbons (Fsp3) is 0.296. The number of benzene rings is 2. The lowest BCUT2D eigenvalue weighted by atomic mass is 9.97. The Morgan fingerprint density at radius 1 is 1.09 bits per heavy atom. The molecule has 8 nitrogen and oxygen atoms in total. The van der Waals surface area contributed by atoms with Crippen LogP contribution in [-0.2, 0) is 11.3 Å². The van der Waals surface area contributed by atoms with Crippen molar-refractivity contribution in [3.05, 3.63) is 72.6 Å². The summed E-state index contributed by atoms with van der Waals surface area (Å²) >= 11 is 0. The van der Waals surface area contributed by atoms with Crippen LogP contribution in [0.3, 0.4) is 0 Å². The van der Waals surface area contributed by atoms with Gasteiger partial charge in [0, 0.05) is 37.6 Å². The number of amides is 1. The van der Waals surface area contributed by atoms with Crippen molar-refractivity contribution >= 4 is 17.2 Å². The number of ether oxygens (including phenoxy) is 2. The molecule has 1 N–H and O–H groups in total. The van der Waals surface area contributed by atoms with Crippen molar-refractivity contribution in [2.24, 2.45) is 5.92 Å². The molecular weight excluding hydrogens is 442 g/mol. The zero-order valence-electron chi connectivity index (χ0n) is 20.0. The van der Waals surface area contributed by atoms with E-state index in [9.17, 15) is 4.79 Å². The highest BCUT2D eigenvalue weighted by atomic mass is 16.5. The van der Waals surface area contributed by atoms with E-state index in [2.05, 4.69) is 15.2 Å². The molecule has 1 amide bonds. The first-order chi connectivity index (χ1) is 17.1. The second-order valence-electron chi connectivity index (χ2n) is 8.69. The summed E-state index contributed by atoms with van der Waals surface area (Å²) in [6.07, 6.45) is 5.41. The SMILES string of the molecule is COc1ccc(CNC(=O)C2CCCN(c3nccn4nc(-c5cccc(OC)c5)cc34)C2)cc1. The van der Waals surface area contributed by atoms with Gasteiger partial charge in [0.1, 0.15) is 17.0 Å². The van der Waals surface area contributed by atoms with E-state index in [4.69, 9.17) is 14.6 Å². The monoisotopic (exact) mass is 471 g/mol. The molecule has 1 aliphatic heterocycles. The molecule has 1 unspecified atom stereocenters. The molecule has 1 atom stereocenters. The van der Waals surface area contributed by atoms with Crippen molar-refractivity contribution in [1.29, 1.82) is 0 Å². The predicted octanol–water partition coefficient (Wildman–Crippen LogP) is 3.95. The summed E-state index contributed by atoms with van der Waals surface area (Å²) in [5.41, 5.74) is 3.80. The number of rotatable bonds is 7. The second-order valence-corrected chi connectivity index (χ2v) is 8.69. The van der Waals surface area contributed by atoms with Gasteiger partial charge in [-0.25, -0.2) is 9.50 Å². The Balaban J connectivity index is 1.31. The maximum absolute atomic E-state index is 13.0. The van der Waals surface area contributed by atoms with Gasteiger partial charge in [-0.05, 0) is 48.7 Å². The Morgan fingerprint density at radius 3 is 2.71 bits per heavy atom. The Bertz CT molecular complexity index is 1320. The van der Waals surface area contributed by atoms with Crippen LogP contribution in [-0.4, -0.2) is 47.8 Å². The minimum atomic E-state index is -0.0927. The zero-order chi connectivity index (χ0) is 24.2. The number of fused-ring (bicyclic) bond motifs is 1. The molecule has 2 aromatic heterocycles. The molecule has 0 saturated carbocycles. The Hall–Kier alpha value is -4.07. The minimum absolute atomic E-state index is 0.0723. The molecule has 0 radical (unpaired) electrons. The molecule has 1 aliphatic rings. The first-order valence-electron chi connectivity index (χ1n) is 11.8. The number of nitrogens with one attached hydrogen (secondary N) is 1. The van der Waals surface area contributed by atoms with Gasteiger partial charge in [0.05, 0.1) is 25.8 Å². The number of carbonyl (C=O) groups is 1. The summed E-state index contributed by atoms with van der Waals surface area (Å²) in [5.74, 6) is 2.42. The second kappa shape index (κ2) is 10.0. The number of aromatic nitrogens is 3. The number of hydrogen-bond donors (Lipinski definition) is 1. The lowest BCUT2D eigenvalue weighted by Gasteiger charge is -2.33. The molecule has 0 aliphatic carbocycles. The van der Waals surface area contributed by atoms with Crippen LogP contribution >= 0.6 is 0 Å². The molecule has 8 heteroatoms. The highest BCUT2D eigenvalue weighted by molar-refractivity contribution is 5.81. The van der Waals surface area contributed by atoms with Gasteiger partial charge in [-0.3, -0.25) is 4.79 Å². The molecule has 1 saturated heterocycles. The first-order valence-corrected chi connectivity index (χ1v) is 11.8. The summed E-state index contributed by atoms with van der Waals surface area (Å²) in [4.78, 5) is 19.8. The fourth-order valence-corrected chi connectivity index (χ4v) is 4.54. The smallest absolute Gasteiger partial charge is 0.225 e. The van der Waals surface area contributed by atoms with Crippen molar-refractivity contribution in [2.45, 2.75) is 19.4 Å². The van der Waals surface area contributed by atoms with Crippen molar-refractivity contribution in [3.8, 4) is 22.8 Å². The van der Waals surface area contributed by atoms with Gasteiger partial charge in [-0.2, -0.15) is 5.10 Å². The predicted molar refractivity (Wildman–Crippen MR) is 135 cm³/mol. The number of nitrogens with zero attached hydrogens (tertiary/aromatic N) is 4. The van der Waals surface area contributed by atoms with E-state index < -0.39 is 0 Å². The van der Waals surface area contributed by atoms with E-state index in [1.54, 1.807) is 20.4 Å². The van der Waals surface area contributed by atoms with E-state index in [1.807, 2.05) is 65.3 Å². The molecule has 180 valence electrons. The minimum Gasteiger partial charge on any atom is -0.497 e. The Morgan fingerprint density at radius 2 is 1.91 bits per heavy atom. The average molecular weight is 472 g/mol. The molecule has 1 fully saturated rings. The van der Waals surface area contributed by atoms with Crippen molar-refractivity contribution < 1.29 is 14.3 Å². The number of piperidine rings is 1. The Kier molecular flexibility index (Phi) is 6.52. The lowest BCUT2D eigenvalue weighted by molar-refractivity contribution is -0.125. The third-order valence-electron chi connectivity index (χ3n) is 6.45. The van der Waals surface area contributed by atoms with Crippen LogP contribution in [0.2, 0.25) is 0 Å². The highest BCUT2D eigenvalue weighted by Gasteiger charge is 2.27. The van der Waals surface area contributed by atoms with E-state index in [1.165, 1.54) is 0 Å². The van der Waals surface area contributed by atoms with Gasteiger partial charge in [-0.15, -0.1) is 0 Å². The number of hydrogen-bond acceptors (Lipinski definition) is 6. The molecule has 4 aromatic rings. The summed E-state index contributed by atoms with van der Waals surface area (Å²) in [5, 5.41) is 7.85. The molecule has 2 aromatic carbocycles. The Labute approximate surface area is 204 Å².